The highest BCUT2D eigenvalue weighted by Gasteiger charge is 2.41. The lowest BCUT2D eigenvalue weighted by molar-refractivity contribution is -0.185. The number of alkyl halides is 6. The second kappa shape index (κ2) is 12.1. The van der Waals surface area contributed by atoms with Gasteiger partial charge in [0.25, 0.3) is 0 Å². The molecule has 3 heterocycles. The van der Waals surface area contributed by atoms with Crippen molar-refractivity contribution in [3.8, 4) is 27.7 Å². The number of nitrogens with zero attached hydrogens (tertiary/aromatic N) is 3. The number of ether oxygens (including phenoxy) is 1. The minimum atomic E-state index is -4.50. The third-order valence-corrected chi connectivity index (χ3v) is 8.43. The van der Waals surface area contributed by atoms with Crippen LogP contribution in [-0.4, -0.2) is 39.3 Å². The normalized spacial score (nSPS) is 16.0. The fourth-order valence-corrected chi connectivity index (χ4v) is 6.07. The predicted octanol–water partition coefficient (Wildman–Crippen LogP) is 7.62. The molecule has 0 spiro atoms. The molecule has 43 heavy (non-hydrogen) atoms. The smallest absolute Gasteiger partial charge is 0.439 e. The van der Waals surface area contributed by atoms with Gasteiger partial charge < -0.3 is 4.74 Å². The van der Waals surface area contributed by atoms with Crippen LogP contribution in [0.5, 0.6) is 5.75 Å². The second-order valence-electron chi connectivity index (χ2n) is 10.1. The molecule has 1 unspecified atom stereocenters. The van der Waals surface area contributed by atoms with Crippen LogP contribution in [0.1, 0.15) is 48.4 Å². The molecule has 0 amide bonds. The van der Waals surface area contributed by atoms with Crippen molar-refractivity contribution in [2.45, 2.75) is 51.2 Å². The maximum atomic E-state index is 14.9. The molecule has 1 saturated heterocycles. The number of aromatic nitrogens is 3. The van der Waals surface area contributed by atoms with Gasteiger partial charge in [-0.3, -0.25) is 14.4 Å². The van der Waals surface area contributed by atoms with Crippen molar-refractivity contribution in [1.82, 2.24) is 20.0 Å². The van der Waals surface area contributed by atoms with Gasteiger partial charge in [0.1, 0.15) is 22.7 Å². The molecule has 2 aromatic carbocycles. The molecule has 0 saturated carbocycles. The Labute approximate surface area is 244 Å². The highest BCUT2D eigenvalue weighted by molar-refractivity contribution is 7.15. The quantitative estimate of drug-likeness (QED) is 0.202. The Balaban J connectivity index is 1.43. The molecule has 0 radical (unpaired) electrons. The molecule has 1 N–H and O–H groups in total. The van der Waals surface area contributed by atoms with Crippen molar-refractivity contribution < 1.29 is 40.0 Å². The van der Waals surface area contributed by atoms with E-state index in [4.69, 9.17) is 4.74 Å². The topological polar surface area (TPSA) is 84.2 Å². The molecular weight excluding hydrogens is 605 g/mol. The van der Waals surface area contributed by atoms with Crippen LogP contribution >= 0.6 is 11.3 Å². The Kier molecular flexibility index (Phi) is 8.65. The summed E-state index contributed by atoms with van der Waals surface area (Å²) in [5.74, 6) is -2.90. The highest BCUT2D eigenvalue weighted by Crippen LogP contribution is 2.40. The number of rotatable bonds is 8. The van der Waals surface area contributed by atoms with E-state index >= 15 is 0 Å². The largest absolute Gasteiger partial charge is 0.485 e. The predicted molar refractivity (Wildman–Crippen MR) is 143 cm³/mol. The molecule has 2 aromatic heterocycles. The van der Waals surface area contributed by atoms with E-state index < -0.39 is 41.5 Å². The van der Waals surface area contributed by atoms with Crippen LogP contribution in [0.3, 0.4) is 0 Å². The summed E-state index contributed by atoms with van der Waals surface area (Å²) in [6, 6.07) is 8.49. The van der Waals surface area contributed by atoms with E-state index in [1.165, 1.54) is 35.6 Å². The Morgan fingerprint density at radius 3 is 2.35 bits per heavy atom. The van der Waals surface area contributed by atoms with Gasteiger partial charge in [-0.2, -0.15) is 26.3 Å². The first-order valence-electron chi connectivity index (χ1n) is 13.3. The average Bonchev–Trinajstić information content (AvgIpc) is 3.57. The van der Waals surface area contributed by atoms with Crippen LogP contribution in [-0.2, 0) is 12.7 Å². The van der Waals surface area contributed by atoms with E-state index in [2.05, 4.69) is 19.6 Å². The molecule has 5 rings (SSSR count). The van der Waals surface area contributed by atoms with Gasteiger partial charge in [-0.05, 0) is 56.6 Å². The molecule has 4 aromatic rings. The van der Waals surface area contributed by atoms with Crippen LogP contribution in [0, 0.1) is 11.7 Å². The van der Waals surface area contributed by atoms with E-state index in [9.17, 15) is 35.5 Å². The zero-order valence-electron chi connectivity index (χ0n) is 22.6. The molecule has 230 valence electrons. The molecule has 0 bridgehead atoms. The van der Waals surface area contributed by atoms with Crippen molar-refractivity contribution in [2.24, 2.45) is 5.92 Å². The van der Waals surface area contributed by atoms with Gasteiger partial charge in [0.05, 0.1) is 27.6 Å². The summed E-state index contributed by atoms with van der Waals surface area (Å²) in [4.78, 5) is 20.7. The summed E-state index contributed by atoms with van der Waals surface area (Å²) in [5, 5.41) is 3.90. The van der Waals surface area contributed by atoms with Crippen molar-refractivity contribution >= 4 is 11.3 Å². The van der Waals surface area contributed by atoms with Crippen LogP contribution in [0.15, 0.2) is 51.8 Å². The first kappa shape index (κ1) is 30.7. The maximum absolute atomic E-state index is 14.9. The monoisotopic (exact) mass is 630 g/mol. The summed E-state index contributed by atoms with van der Waals surface area (Å²) in [5.41, 5.74) is 0.134. The minimum Gasteiger partial charge on any atom is -0.485 e. The zero-order valence-corrected chi connectivity index (χ0v) is 23.4. The van der Waals surface area contributed by atoms with E-state index in [1.807, 2.05) is 11.8 Å². The number of halogens is 7. The summed E-state index contributed by atoms with van der Waals surface area (Å²) in [6.07, 6.45) is -9.12. The standard InChI is InChI=1S/C28H25F7N4O3S/c1-2-22(41-18-7-8-19(20(29)13-18)24-37-26(40)42-38-24)23-21(14-39-11-9-17(10-12-39)28(33,34)35)36-25(43-23)15-3-5-16(6-4-15)27(30,31)32/h3-8,13,17,22H,2,9-12,14H2,1H3,(H,37,38,40). The number of aromatic amines is 1. The lowest BCUT2D eigenvalue weighted by Crippen LogP contribution is -2.38. The van der Waals surface area contributed by atoms with Crippen molar-refractivity contribution in [3.63, 3.8) is 0 Å². The molecule has 1 atom stereocenters. The number of hydrogen-bond donors (Lipinski definition) is 1. The molecule has 15 heteroatoms. The maximum Gasteiger partial charge on any atom is 0.439 e. The molecule has 7 nitrogen and oxygen atoms in total. The van der Waals surface area contributed by atoms with Crippen LogP contribution < -0.4 is 10.5 Å². The van der Waals surface area contributed by atoms with Crippen LogP contribution in [0.4, 0.5) is 30.7 Å². The van der Waals surface area contributed by atoms with E-state index in [0.717, 1.165) is 18.2 Å². The van der Waals surface area contributed by atoms with Gasteiger partial charge in [-0.1, -0.05) is 24.2 Å². The van der Waals surface area contributed by atoms with E-state index in [-0.39, 0.29) is 49.6 Å². The summed E-state index contributed by atoms with van der Waals surface area (Å²) in [6.45, 7) is 2.44. The summed E-state index contributed by atoms with van der Waals surface area (Å²) in [7, 11) is 0. The first-order chi connectivity index (χ1) is 20.3. The van der Waals surface area contributed by atoms with Gasteiger partial charge >= 0.3 is 18.1 Å². The lowest BCUT2D eigenvalue weighted by Gasteiger charge is -2.32. The number of piperidine rings is 1. The Bertz CT molecular complexity index is 1600. The van der Waals surface area contributed by atoms with E-state index in [1.54, 1.807) is 0 Å². The molecule has 1 aliphatic rings. The van der Waals surface area contributed by atoms with Gasteiger partial charge in [0, 0.05) is 18.2 Å². The fraction of sp³-hybridized carbons (Fsp3) is 0.393. The fourth-order valence-electron chi connectivity index (χ4n) is 4.88. The Morgan fingerprint density at radius 2 is 1.79 bits per heavy atom. The number of H-pyrrole nitrogens is 1. The third kappa shape index (κ3) is 7.09. The SMILES string of the molecule is CCC(Oc1ccc(-c2noc(=O)[nH]2)c(F)c1)c1sc(-c2ccc(C(F)(F)F)cc2)nc1CN1CCC(C(F)(F)F)CC1. The van der Waals surface area contributed by atoms with Gasteiger partial charge in [-0.25, -0.2) is 14.2 Å². The molecular formula is C28H25F7N4O3S. The van der Waals surface area contributed by atoms with Crippen molar-refractivity contribution in [2.75, 3.05) is 13.1 Å². The lowest BCUT2D eigenvalue weighted by atomic mass is 9.96. The minimum absolute atomic E-state index is 0.0171. The number of likely N-dealkylation sites (tertiary alicyclic amines) is 1. The Morgan fingerprint density at radius 1 is 1.09 bits per heavy atom. The molecule has 1 fully saturated rings. The summed E-state index contributed by atoms with van der Waals surface area (Å²) >= 11 is 1.20. The van der Waals surface area contributed by atoms with Crippen molar-refractivity contribution in [1.29, 1.82) is 0 Å². The average molecular weight is 631 g/mol. The number of thiazole rings is 1. The zero-order chi connectivity index (χ0) is 30.9. The third-order valence-electron chi connectivity index (χ3n) is 7.19. The highest BCUT2D eigenvalue weighted by atomic mass is 32.1. The van der Waals surface area contributed by atoms with Crippen LogP contribution in [0.25, 0.3) is 22.0 Å². The van der Waals surface area contributed by atoms with E-state index in [0.29, 0.717) is 27.6 Å². The van der Waals surface area contributed by atoms with Gasteiger partial charge in [-0.15, -0.1) is 11.3 Å². The summed E-state index contributed by atoms with van der Waals surface area (Å²) < 4.78 is 104. The molecule has 0 aliphatic carbocycles. The van der Waals surface area contributed by atoms with Gasteiger partial charge in [0.15, 0.2) is 5.82 Å². The number of benzene rings is 2. The Hall–Kier alpha value is -3.72. The van der Waals surface area contributed by atoms with Gasteiger partial charge in [0.2, 0.25) is 0 Å². The number of nitrogens with one attached hydrogen (secondary N) is 1. The number of hydrogen-bond acceptors (Lipinski definition) is 7. The first-order valence-corrected chi connectivity index (χ1v) is 14.1. The van der Waals surface area contributed by atoms with Crippen molar-refractivity contribution in [3.05, 3.63) is 75.0 Å². The molecule has 1 aliphatic heterocycles. The van der Waals surface area contributed by atoms with Crippen LogP contribution in [0.2, 0.25) is 0 Å². The second-order valence-corrected chi connectivity index (χ2v) is 11.1.